The Labute approximate surface area is 130 Å². The molecule has 0 aliphatic rings. The van der Waals surface area contributed by atoms with Gasteiger partial charge in [-0.2, -0.15) is 5.10 Å². The van der Waals surface area contributed by atoms with E-state index >= 15 is 0 Å². The molecule has 0 aliphatic heterocycles. The molecular formula is C17H21N5. The molecule has 0 radical (unpaired) electrons. The highest BCUT2D eigenvalue weighted by molar-refractivity contribution is 5.88. The van der Waals surface area contributed by atoms with Crippen LogP contribution in [0.1, 0.15) is 24.0 Å². The lowest BCUT2D eigenvalue weighted by atomic mass is 10.2. The maximum absolute atomic E-state index is 4.67. The molecular weight excluding hydrogens is 274 g/mol. The van der Waals surface area contributed by atoms with Crippen molar-refractivity contribution in [3.05, 3.63) is 47.4 Å². The van der Waals surface area contributed by atoms with Crippen LogP contribution in [0.3, 0.4) is 0 Å². The second kappa shape index (κ2) is 5.75. The number of aryl methyl sites for hydroxylation is 3. The number of hydrogen-bond acceptors (Lipinski definition) is 4. The first-order valence-corrected chi connectivity index (χ1v) is 7.57. The summed E-state index contributed by atoms with van der Waals surface area (Å²) in [5, 5.41) is 4.59. The van der Waals surface area contributed by atoms with E-state index in [1.54, 1.807) is 0 Å². The Bertz CT molecular complexity index is 792. The first-order chi connectivity index (χ1) is 10.6. The summed E-state index contributed by atoms with van der Waals surface area (Å²) in [5.74, 6) is 1.72. The Morgan fingerprint density at radius 2 is 1.82 bits per heavy atom. The van der Waals surface area contributed by atoms with Crippen LogP contribution < -0.4 is 4.90 Å². The van der Waals surface area contributed by atoms with Gasteiger partial charge in [-0.3, -0.25) is 4.68 Å². The Kier molecular flexibility index (Phi) is 3.79. The zero-order chi connectivity index (χ0) is 15.7. The van der Waals surface area contributed by atoms with E-state index in [0.717, 1.165) is 41.5 Å². The average Bonchev–Trinajstić information content (AvgIpc) is 2.84. The lowest BCUT2D eigenvalue weighted by molar-refractivity contribution is 0.673. The number of anilines is 1. The molecule has 2 heterocycles. The van der Waals surface area contributed by atoms with Crippen LogP contribution in [-0.2, 0) is 13.1 Å². The van der Waals surface area contributed by atoms with Crippen molar-refractivity contribution in [2.24, 2.45) is 0 Å². The van der Waals surface area contributed by atoms with E-state index in [1.165, 1.54) is 5.56 Å². The van der Waals surface area contributed by atoms with Gasteiger partial charge in [-0.25, -0.2) is 9.97 Å². The minimum Gasteiger partial charge on any atom is -0.353 e. The van der Waals surface area contributed by atoms with Gasteiger partial charge in [0, 0.05) is 20.1 Å². The van der Waals surface area contributed by atoms with Crippen LogP contribution >= 0.6 is 0 Å². The van der Waals surface area contributed by atoms with Crippen molar-refractivity contribution >= 4 is 16.9 Å². The van der Waals surface area contributed by atoms with E-state index in [4.69, 9.17) is 0 Å². The van der Waals surface area contributed by atoms with E-state index in [1.807, 2.05) is 24.6 Å². The fourth-order valence-corrected chi connectivity index (χ4v) is 2.75. The molecule has 1 aromatic carbocycles. The van der Waals surface area contributed by atoms with Gasteiger partial charge in [0.05, 0.1) is 5.69 Å². The molecule has 3 aromatic rings. The monoisotopic (exact) mass is 295 g/mol. The zero-order valence-electron chi connectivity index (χ0n) is 13.5. The van der Waals surface area contributed by atoms with Crippen LogP contribution in [0.25, 0.3) is 11.0 Å². The summed E-state index contributed by atoms with van der Waals surface area (Å²) in [6.45, 7) is 7.64. The number of fused-ring (bicyclic) bond motifs is 1. The van der Waals surface area contributed by atoms with Gasteiger partial charge in [0.1, 0.15) is 16.9 Å². The molecule has 5 nitrogen and oxygen atoms in total. The third kappa shape index (κ3) is 2.54. The largest absolute Gasteiger partial charge is 0.353 e. The third-order valence-corrected chi connectivity index (χ3v) is 3.77. The van der Waals surface area contributed by atoms with Gasteiger partial charge in [0.2, 0.25) is 0 Å². The summed E-state index contributed by atoms with van der Waals surface area (Å²) in [6, 6.07) is 10.4. The first-order valence-electron chi connectivity index (χ1n) is 7.57. The molecule has 0 amide bonds. The molecule has 0 saturated heterocycles. The summed E-state index contributed by atoms with van der Waals surface area (Å²) in [5.41, 5.74) is 4.18. The molecule has 114 valence electrons. The summed E-state index contributed by atoms with van der Waals surface area (Å²) in [6.07, 6.45) is 0. The number of rotatable bonds is 4. The van der Waals surface area contributed by atoms with Gasteiger partial charge in [-0.1, -0.05) is 30.3 Å². The SMILES string of the molecule is CCn1nc(C)c2nc(C)nc(N(C)Cc3ccccc3)c21. The molecule has 0 bridgehead atoms. The van der Waals surface area contributed by atoms with Crippen molar-refractivity contribution in [2.75, 3.05) is 11.9 Å². The fourth-order valence-electron chi connectivity index (χ4n) is 2.75. The van der Waals surface area contributed by atoms with Crippen LogP contribution in [0.15, 0.2) is 30.3 Å². The third-order valence-electron chi connectivity index (χ3n) is 3.77. The number of hydrogen-bond donors (Lipinski definition) is 0. The van der Waals surface area contributed by atoms with Crippen LogP contribution in [0.4, 0.5) is 5.82 Å². The Balaban J connectivity index is 2.09. The summed E-state index contributed by atoms with van der Waals surface area (Å²) in [7, 11) is 2.07. The van der Waals surface area contributed by atoms with Crippen molar-refractivity contribution < 1.29 is 0 Å². The second-order valence-electron chi connectivity index (χ2n) is 5.53. The highest BCUT2D eigenvalue weighted by atomic mass is 15.3. The summed E-state index contributed by atoms with van der Waals surface area (Å²) < 4.78 is 1.99. The maximum Gasteiger partial charge on any atom is 0.158 e. The average molecular weight is 295 g/mol. The van der Waals surface area contributed by atoms with E-state index < -0.39 is 0 Å². The lowest BCUT2D eigenvalue weighted by Gasteiger charge is -2.20. The van der Waals surface area contributed by atoms with E-state index in [2.05, 4.69) is 58.2 Å². The molecule has 0 aliphatic carbocycles. The van der Waals surface area contributed by atoms with Crippen molar-refractivity contribution in [1.82, 2.24) is 19.7 Å². The zero-order valence-corrected chi connectivity index (χ0v) is 13.5. The highest BCUT2D eigenvalue weighted by Gasteiger charge is 2.17. The molecule has 0 fully saturated rings. The fraction of sp³-hybridized carbons (Fsp3) is 0.353. The number of aromatic nitrogens is 4. The van der Waals surface area contributed by atoms with E-state index in [-0.39, 0.29) is 0 Å². The lowest BCUT2D eigenvalue weighted by Crippen LogP contribution is -2.19. The van der Waals surface area contributed by atoms with Crippen LogP contribution in [0.2, 0.25) is 0 Å². The van der Waals surface area contributed by atoms with Crippen LogP contribution in [0.5, 0.6) is 0 Å². The predicted molar refractivity (Wildman–Crippen MR) is 89.0 cm³/mol. The highest BCUT2D eigenvalue weighted by Crippen LogP contribution is 2.26. The second-order valence-corrected chi connectivity index (χ2v) is 5.53. The van der Waals surface area contributed by atoms with E-state index in [9.17, 15) is 0 Å². The smallest absolute Gasteiger partial charge is 0.158 e. The maximum atomic E-state index is 4.67. The molecule has 0 spiro atoms. The molecule has 2 aromatic heterocycles. The topological polar surface area (TPSA) is 46.8 Å². The molecule has 0 saturated carbocycles. The molecule has 0 atom stereocenters. The molecule has 0 N–H and O–H groups in total. The van der Waals surface area contributed by atoms with Crippen LogP contribution in [0, 0.1) is 13.8 Å². The van der Waals surface area contributed by atoms with Crippen molar-refractivity contribution in [3.63, 3.8) is 0 Å². The number of benzene rings is 1. The normalized spacial score (nSPS) is 11.1. The van der Waals surface area contributed by atoms with E-state index in [0.29, 0.717) is 0 Å². The minimum atomic E-state index is 0.779. The number of nitrogens with zero attached hydrogens (tertiary/aromatic N) is 5. The quantitative estimate of drug-likeness (QED) is 0.742. The van der Waals surface area contributed by atoms with Gasteiger partial charge in [-0.05, 0) is 26.3 Å². The predicted octanol–water partition coefficient (Wildman–Crippen LogP) is 3.10. The summed E-state index contributed by atoms with van der Waals surface area (Å²) in [4.78, 5) is 11.4. The van der Waals surface area contributed by atoms with Gasteiger partial charge in [0.25, 0.3) is 0 Å². The molecule has 0 unspecified atom stereocenters. The van der Waals surface area contributed by atoms with Gasteiger partial charge >= 0.3 is 0 Å². The van der Waals surface area contributed by atoms with Crippen molar-refractivity contribution in [2.45, 2.75) is 33.9 Å². The first kappa shape index (κ1) is 14.5. The molecule has 22 heavy (non-hydrogen) atoms. The standard InChI is InChI=1S/C17H21N5/c1-5-22-16-15(12(2)20-22)18-13(3)19-17(16)21(4)11-14-9-7-6-8-10-14/h6-10H,5,11H2,1-4H3. The Hall–Kier alpha value is -2.43. The van der Waals surface area contributed by atoms with Crippen molar-refractivity contribution in [1.29, 1.82) is 0 Å². The van der Waals surface area contributed by atoms with Gasteiger partial charge in [0.15, 0.2) is 5.82 Å². The van der Waals surface area contributed by atoms with Gasteiger partial charge < -0.3 is 4.90 Å². The van der Waals surface area contributed by atoms with Crippen molar-refractivity contribution in [3.8, 4) is 0 Å². The Morgan fingerprint density at radius 1 is 1.09 bits per heavy atom. The molecule has 3 rings (SSSR count). The van der Waals surface area contributed by atoms with Gasteiger partial charge in [-0.15, -0.1) is 0 Å². The van der Waals surface area contributed by atoms with Crippen LogP contribution in [-0.4, -0.2) is 26.8 Å². The molecule has 5 heteroatoms. The Morgan fingerprint density at radius 3 is 2.50 bits per heavy atom. The summed E-state index contributed by atoms with van der Waals surface area (Å²) >= 11 is 0. The minimum absolute atomic E-state index is 0.779.